The van der Waals surface area contributed by atoms with Crippen molar-refractivity contribution in [3.05, 3.63) is 58.7 Å². The zero-order valence-corrected chi connectivity index (χ0v) is 27.1. The summed E-state index contributed by atoms with van der Waals surface area (Å²) in [7, 11) is -7.75. The Morgan fingerprint density at radius 3 is 1.17 bits per heavy atom. The van der Waals surface area contributed by atoms with Crippen LogP contribution in [0.3, 0.4) is 0 Å². The van der Waals surface area contributed by atoms with E-state index in [0.29, 0.717) is 38.0 Å². The molecule has 0 saturated carbocycles. The molecular formula is C32H42N2O6S2. The standard InChI is InChI=1S/C32H42N2O6S2/c1-31(2,3)21-11-15-33(16-12-21)41(37,38)23-7-9-25-27(19-23)30(36)28-20-24(8-10-26(28)29(25)35)42(39,40)34-17-13-22(14-18-34)32(4,5)6/h7-10,19-22H,11-18H2,1-6H3. The molecule has 0 spiro atoms. The lowest BCUT2D eigenvalue weighted by molar-refractivity contribution is 0.0978. The Morgan fingerprint density at radius 1 is 0.548 bits per heavy atom. The quantitative estimate of drug-likeness (QED) is 0.392. The van der Waals surface area contributed by atoms with Crippen molar-refractivity contribution in [1.82, 2.24) is 8.61 Å². The SMILES string of the molecule is CC(C)(C)C1CCN(S(=O)(=O)c2ccc3c(c2)C(=O)c2cc(S(=O)(=O)N4CCC(C(C)(C)C)CC4)ccc2C3=O)CC1. The van der Waals surface area contributed by atoms with E-state index in [1.807, 2.05) is 0 Å². The van der Waals surface area contributed by atoms with Crippen LogP contribution in [0.25, 0.3) is 0 Å². The molecule has 2 fully saturated rings. The van der Waals surface area contributed by atoms with Crippen molar-refractivity contribution in [2.75, 3.05) is 26.2 Å². The van der Waals surface area contributed by atoms with Gasteiger partial charge in [-0.05, 0) is 84.7 Å². The van der Waals surface area contributed by atoms with E-state index < -0.39 is 31.6 Å². The highest BCUT2D eigenvalue weighted by molar-refractivity contribution is 7.89. The number of sulfonamides is 2. The van der Waals surface area contributed by atoms with Gasteiger partial charge in [-0.1, -0.05) is 41.5 Å². The summed E-state index contributed by atoms with van der Waals surface area (Å²) in [5, 5.41) is 0. The van der Waals surface area contributed by atoms with Gasteiger partial charge in [0.15, 0.2) is 11.6 Å². The van der Waals surface area contributed by atoms with Crippen molar-refractivity contribution in [3.8, 4) is 0 Å². The van der Waals surface area contributed by atoms with Crippen LogP contribution in [0.2, 0.25) is 0 Å². The first-order chi connectivity index (χ1) is 19.4. The van der Waals surface area contributed by atoms with E-state index in [2.05, 4.69) is 41.5 Å². The summed E-state index contributed by atoms with van der Waals surface area (Å²) >= 11 is 0. The number of fused-ring (bicyclic) bond motifs is 2. The van der Waals surface area contributed by atoms with Gasteiger partial charge in [0.2, 0.25) is 20.0 Å². The number of nitrogens with zero attached hydrogens (tertiary/aromatic N) is 2. The van der Waals surface area contributed by atoms with Gasteiger partial charge in [0.05, 0.1) is 9.79 Å². The molecule has 5 rings (SSSR count). The third-order valence-electron chi connectivity index (χ3n) is 9.59. The van der Waals surface area contributed by atoms with Crippen molar-refractivity contribution in [2.45, 2.75) is 77.0 Å². The normalized spacial score (nSPS) is 20.4. The van der Waals surface area contributed by atoms with Gasteiger partial charge in [0.1, 0.15) is 0 Å². The second-order valence-corrected chi connectivity index (χ2v) is 18.0. The van der Waals surface area contributed by atoms with Gasteiger partial charge in [-0.25, -0.2) is 16.8 Å². The highest BCUT2D eigenvalue weighted by Gasteiger charge is 2.38. The summed E-state index contributed by atoms with van der Waals surface area (Å²) in [4.78, 5) is 27.0. The lowest BCUT2D eigenvalue weighted by Gasteiger charge is -2.38. The number of benzene rings is 2. The number of carbonyl (C=O) groups is 2. The predicted molar refractivity (Wildman–Crippen MR) is 162 cm³/mol. The third-order valence-corrected chi connectivity index (χ3v) is 13.4. The molecule has 0 unspecified atom stereocenters. The highest BCUT2D eigenvalue weighted by Crippen LogP contribution is 2.38. The minimum absolute atomic E-state index is 0.0151. The fraction of sp³-hybridized carbons (Fsp3) is 0.562. The van der Waals surface area contributed by atoms with Crippen LogP contribution in [0, 0.1) is 22.7 Å². The third kappa shape index (κ3) is 5.51. The van der Waals surface area contributed by atoms with Crippen LogP contribution in [0.1, 0.15) is 99.1 Å². The summed E-state index contributed by atoms with van der Waals surface area (Å²) in [5.74, 6) is -0.145. The second kappa shape index (κ2) is 10.6. The molecule has 0 N–H and O–H groups in total. The molecule has 0 atom stereocenters. The maximum atomic E-state index is 13.7. The van der Waals surface area contributed by atoms with Crippen molar-refractivity contribution in [1.29, 1.82) is 0 Å². The van der Waals surface area contributed by atoms with Crippen molar-refractivity contribution < 1.29 is 26.4 Å². The van der Waals surface area contributed by atoms with Crippen molar-refractivity contribution in [2.24, 2.45) is 22.7 Å². The summed E-state index contributed by atoms with van der Waals surface area (Å²) in [5.41, 5.74) is 0.404. The minimum Gasteiger partial charge on any atom is -0.289 e. The Balaban J connectivity index is 1.41. The second-order valence-electron chi connectivity index (χ2n) is 14.2. The van der Waals surface area contributed by atoms with Gasteiger partial charge in [-0.15, -0.1) is 0 Å². The number of hydrogen-bond acceptors (Lipinski definition) is 6. The first-order valence-corrected chi connectivity index (χ1v) is 17.7. The smallest absolute Gasteiger partial charge is 0.243 e. The van der Waals surface area contributed by atoms with E-state index in [4.69, 9.17) is 0 Å². The van der Waals surface area contributed by atoms with Gasteiger partial charge < -0.3 is 0 Å². The molecule has 228 valence electrons. The number of piperidine rings is 2. The highest BCUT2D eigenvalue weighted by atomic mass is 32.2. The Bertz CT molecular complexity index is 1510. The van der Waals surface area contributed by atoms with Crippen LogP contribution in [-0.4, -0.2) is 63.2 Å². The molecule has 0 radical (unpaired) electrons. The molecule has 0 bridgehead atoms. The Hall–Kier alpha value is -2.40. The molecule has 0 aromatic heterocycles. The fourth-order valence-electron chi connectivity index (χ4n) is 6.65. The Morgan fingerprint density at radius 2 is 0.857 bits per heavy atom. The fourth-order valence-corrected chi connectivity index (χ4v) is 9.64. The largest absolute Gasteiger partial charge is 0.289 e. The molecule has 2 aromatic carbocycles. The monoisotopic (exact) mass is 614 g/mol. The zero-order valence-electron chi connectivity index (χ0n) is 25.4. The number of hydrogen-bond donors (Lipinski definition) is 0. The topological polar surface area (TPSA) is 109 Å². The molecule has 8 nitrogen and oxygen atoms in total. The van der Waals surface area contributed by atoms with E-state index in [1.54, 1.807) is 0 Å². The number of ketones is 2. The van der Waals surface area contributed by atoms with E-state index >= 15 is 0 Å². The van der Waals surface area contributed by atoms with Crippen LogP contribution in [-0.2, 0) is 20.0 Å². The first-order valence-electron chi connectivity index (χ1n) is 14.8. The number of carbonyl (C=O) groups excluding carboxylic acids is 2. The number of rotatable bonds is 4. The summed E-state index contributed by atoms with van der Waals surface area (Å²) in [6.45, 7) is 14.6. The molecule has 10 heteroatoms. The van der Waals surface area contributed by atoms with Crippen molar-refractivity contribution in [3.63, 3.8) is 0 Å². The lowest BCUT2D eigenvalue weighted by atomic mass is 9.76. The van der Waals surface area contributed by atoms with Crippen LogP contribution < -0.4 is 0 Å². The van der Waals surface area contributed by atoms with E-state index in [1.165, 1.54) is 45.0 Å². The lowest BCUT2D eigenvalue weighted by Crippen LogP contribution is -2.41. The van der Waals surface area contributed by atoms with Crippen LogP contribution in [0.15, 0.2) is 46.2 Å². The molecule has 3 aliphatic rings. The van der Waals surface area contributed by atoms with Gasteiger partial charge in [0.25, 0.3) is 0 Å². The Kier molecular flexibility index (Phi) is 7.87. The molecule has 2 aliphatic heterocycles. The molecule has 1 aliphatic carbocycles. The molecular weight excluding hydrogens is 572 g/mol. The van der Waals surface area contributed by atoms with Crippen LogP contribution in [0.4, 0.5) is 0 Å². The van der Waals surface area contributed by atoms with Crippen molar-refractivity contribution >= 4 is 31.6 Å². The summed E-state index contributed by atoms with van der Waals surface area (Å²) in [6, 6.07) is 8.14. The summed E-state index contributed by atoms with van der Waals surface area (Å²) in [6.07, 6.45) is 3.01. The predicted octanol–water partition coefficient (Wildman–Crippen LogP) is 5.36. The Labute approximate surface area is 250 Å². The van der Waals surface area contributed by atoms with E-state index in [9.17, 15) is 26.4 Å². The molecule has 2 saturated heterocycles. The first kappa shape index (κ1) is 31.0. The van der Waals surface area contributed by atoms with E-state index in [-0.39, 0.29) is 42.9 Å². The molecule has 2 heterocycles. The molecule has 2 aromatic rings. The minimum atomic E-state index is -3.88. The average Bonchev–Trinajstić information content (AvgIpc) is 2.94. The zero-order chi connectivity index (χ0) is 30.8. The van der Waals surface area contributed by atoms with Crippen LogP contribution in [0.5, 0.6) is 0 Å². The van der Waals surface area contributed by atoms with Crippen LogP contribution >= 0.6 is 0 Å². The summed E-state index contributed by atoms with van der Waals surface area (Å²) < 4.78 is 57.1. The maximum Gasteiger partial charge on any atom is 0.243 e. The van der Waals surface area contributed by atoms with Gasteiger partial charge in [-0.2, -0.15) is 8.61 Å². The molecule has 42 heavy (non-hydrogen) atoms. The average molecular weight is 615 g/mol. The van der Waals surface area contributed by atoms with Gasteiger partial charge >= 0.3 is 0 Å². The molecule has 0 amide bonds. The van der Waals surface area contributed by atoms with E-state index in [0.717, 1.165) is 25.7 Å². The maximum absolute atomic E-state index is 13.7. The van der Waals surface area contributed by atoms with Gasteiger partial charge in [-0.3, -0.25) is 9.59 Å². The van der Waals surface area contributed by atoms with Gasteiger partial charge in [0, 0.05) is 48.4 Å².